The maximum Gasteiger partial charge on any atom is 0.253 e. The third-order valence-corrected chi connectivity index (χ3v) is 3.19. The van der Waals surface area contributed by atoms with Gasteiger partial charge in [0.1, 0.15) is 5.75 Å². The van der Waals surface area contributed by atoms with E-state index in [4.69, 9.17) is 10.5 Å². The molecule has 4 N–H and O–H groups in total. The van der Waals surface area contributed by atoms with E-state index in [0.29, 0.717) is 30.1 Å². The highest BCUT2D eigenvalue weighted by atomic mass is 16.5. The van der Waals surface area contributed by atoms with Gasteiger partial charge in [0.2, 0.25) is 5.91 Å². The Hall–Kier alpha value is -2.24. The Bertz CT molecular complexity index is 512. The molecular weight excluding hydrogens is 258 g/mol. The number of ether oxygens (including phenoxy) is 1. The number of methoxy groups -OCH3 is 1. The van der Waals surface area contributed by atoms with E-state index in [1.807, 2.05) is 0 Å². The van der Waals surface area contributed by atoms with Crippen molar-refractivity contribution in [1.29, 1.82) is 0 Å². The molecule has 6 heteroatoms. The Morgan fingerprint density at radius 1 is 1.30 bits per heavy atom. The quantitative estimate of drug-likeness (QED) is 0.522. The van der Waals surface area contributed by atoms with Gasteiger partial charge in [0, 0.05) is 19.0 Å². The van der Waals surface area contributed by atoms with Crippen molar-refractivity contribution in [1.82, 2.24) is 10.6 Å². The van der Waals surface area contributed by atoms with Gasteiger partial charge in [0.25, 0.3) is 5.91 Å². The SMILES string of the molecule is COc1cccc(C(=O)NCCNC(=O)C2CC2)c1N. The molecule has 0 spiro atoms. The highest BCUT2D eigenvalue weighted by molar-refractivity contribution is 6.00. The topological polar surface area (TPSA) is 93.5 Å². The van der Waals surface area contributed by atoms with Gasteiger partial charge in [-0.1, -0.05) is 6.07 Å². The molecule has 0 saturated heterocycles. The Labute approximate surface area is 117 Å². The zero-order valence-electron chi connectivity index (χ0n) is 11.4. The minimum atomic E-state index is -0.276. The summed E-state index contributed by atoms with van der Waals surface area (Å²) in [6, 6.07) is 5.04. The fourth-order valence-electron chi connectivity index (χ4n) is 1.87. The van der Waals surface area contributed by atoms with Crippen LogP contribution in [-0.2, 0) is 4.79 Å². The van der Waals surface area contributed by atoms with Crippen LogP contribution in [0.2, 0.25) is 0 Å². The van der Waals surface area contributed by atoms with Gasteiger partial charge in [-0.25, -0.2) is 0 Å². The maximum absolute atomic E-state index is 12.0. The zero-order chi connectivity index (χ0) is 14.5. The number of hydrogen-bond acceptors (Lipinski definition) is 4. The first-order valence-electron chi connectivity index (χ1n) is 6.62. The highest BCUT2D eigenvalue weighted by Gasteiger charge is 2.29. The van der Waals surface area contributed by atoms with E-state index in [1.54, 1.807) is 18.2 Å². The van der Waals surface area contributed by atoms with Crippen LogP contribution in [0.1, 0.15) is 23.2 Å². The molecule has 1 fully saturated rings. The number of amides is 2. The second kappa shape index (κ2) is 6.27. The summed E-state index contributed by atoms with van der Waals surface area (Å²) in [5.41, 5.74) is 6.53. The van der Waals surface area contributed by atoms with Crippen LogP contribution in [-0.4, -0.2) is 32.0 Å². The number of nitrogens with two attached hydrogens (primary N) is 1. The van der Waals surface area contributed by atoms with Crippen LogP contribution >= 0.6 is 0 Å². The molecule has 1 saturated carbocycles. The van der Waals surface area contributed by atoms with Gasteiger partial charge in [0.15, 0.2) is 0 Å². The number of nitrogens with one attached hydrogen (secondary N) is 2. The summed E-state index contributed by atoms with van der Waals surface area (Å²) >= 11 is 0. The third-order valence-electron chi connectivity index (χ3n) is 3.19. The molecule has 0 atom stereocenters. The van der Waals surface area contributed by atoms with E-state index in [1.165, 1.54) is 7.11 Å². The van der Waals surface area contributed by atoms with Crippen molar-refractivity contribution in [2.45, 2.75) is 12.8 Å². The monoisotopic (exact) mass is 277 g/mol. The van der Waals surface area contributed by atoms with E-state index < -0.39 is 0 Å². The van der Waals surface area contributed by atoms with Gasteiger partial charge >= 0.3 is 0 Å². The van der Waals surface area contributed by atoms with Crippen molar-refractivity contribution in [2.24, 2.45) is 5.92 Å². The van der Waals surface area contributed by atoms with Crippen LogP contribution in [0.5, 0.6) is 5.75 Å². The summed E-state index contributed by atoms with van der Waals surface area (Å²) < 4.78 is 5.06. The van der Waals surface area contributed by atoms with Crippen molar-refractivity contribution >= 4 is 17.5 Å². The summed E-state index contributed by atoms with van der Waals surface area (Å²) in [6.45, 7) is 0.791. The molecule has 1 aliphatic rings. The second-order valence-corrected chi connectivity index (χ2v) is 4.74. The summed E-state index contributed by atoms with van der Waals surface area (Å²) in [5, 5.41) is 5.50. The minimum Gasteiger partial charge on any atom is -0.495 e. The van der Waals surface area contributed by atoms with Crippen LogP contribution in [0.15, 0.2) is 18.2 Å². The maximum atomic E-state index is 12.0. The van der Waals surface area contributed by atoms with E-state index in [-0.39, 0.29) is 17.7 Å². The van der Waals surface area contributed by atoms with Crippen molar-refractivity contribution < 1.29 is 14.3 Å². The number of rotatable bonds is 6. The average Bonchev–Trinajstić information content (AvgIpc) is 3.28. The smallest absolute Gasteiger partial charge is 0.253 e. The Morgan fingerprint density at radius 2 is 2.00 bits per heavy atom. The predicted molar refractivity (Wildman–Crippen MR) is 75.5 cm³/mol. The standard InChI is InChI=1S/C14H19N3O3/c1-20-11-4-2-3-10(12(11)15)14(19)17-8-7-16-13(18)9-5-6-9/h2-4,9H,5-8,15H2,1H3,(H,16,18)(H,17,19). The predicted octanol–water partition coefficient (Wildman–Crippen LogP) is 0.533. The Kier molecular flexibility index (Phi) is 4.45. The molecule has 0 unspecified atom stereocenters. The van der Waals surface area contributed by atoms with E-state index in [9.17, 15) is 9.59 Å². The van der Waals surface area contributed by atoms with E-state index >= 15 is 0 Å². The van der Waals surface area contributed by atoms with Crippen molar-refractivity contribution in [2.75, 3.05) is 25.9 Å². The molecule has 2 rings (SSSR count). The van der Waals surface area contributed by atoms with Crippen molar-refractivity contribution in [3.8, 4) is 5.75 Å². The number of para-hydroxylation sites is 1. The van der Waals surface area contributed by atoms with Gasteiger partial charge < -0.3 is 21.1 Å². The fraction of sp³-hybridized carbons (Fsp3) is 0.429. The molecule has 0 aliphatic heterocycles. The van der Waals surface area contributed by atoms with Gasteiger partial charge in [-0.15, -0.1) is 0 Å². The minimum absolute atomic E-state index is 0.0696. The average molecular weight is 277 g/mol. The molecule has 1 aromatic carbocycles. The van der Waals surface area contributed by atoms with Crippen molar-refractivity contribution in [3.63, 3.8) is 0 Å². The third kappa shape index (κ3) is 3.40. The first-order chi connectivity index (χ1) is 9.63. The van der Waals surface area contributed by atoms with Crippen LogP contribution in [0.3, 0.4) is 0 Å². The lowest BCUT2D eigenvalue weighted by molar-refractivity contribution is -0.122. The van der Waals surface area contributed by atoms with Crippen LogP contribution in [0, 0.1) is 5.92 Å². The van der Waals surface area contributed by atoms with Crippen LogP contribution in [0.25, 0.3) is 0 Å². The lowest BCUT2D eigenvalue weighted by Crippen LogP contribution is -2.35. The first-order valence-corrected chi connectivity index (χ1v) is 6.62. The second-order valence-electron chi connectivity index (χ2n) is 4.74. The lowest BCUT2D eigenvalue weighted by atomic mass is 10.1. The van der Waals surface area contributed by atoms with E-state index in [2.05, 4.69) is 10.6 Å². The van der Waals surface area contributed by atoms with Crippen LogP contribution < -0.4 is 21.1 Å². The molecule has 0 bridgehead atoms. The molecular formula is C14H19N3O3. The fourth-order valence-corrected chi connectivity index (χ4v) is 1.87. The van der Waals surface area contributed by atoms with Crippen molar-refractivity contribution in [3.05, 3.63) is 23.8 Å². The number of benzene rings is 1. The van der Waals surface area contributed by atoms with Gasteiger partial charge in [-0.05, 0) is 25.0 Å². The van der Waals surface area contributed by atoms with Crippen LogP contribution in [0.4, 0.5) is 5.69 Å². The molecule has 0 heterocycles. The molecule has 108 valence electrons. The van der Waals surface area contributed by atoms with Gasteiger partial charge in [-0.3, -0.25) is 9.59 Å². The molecule has 0 radical (unpaired) electrons. The Balaban J connectivity index is 1.80. The number of nitrogen functional groups attached to an aromatic ring is 1. The molecule has 0 aromatic heterocycles. The number of carbonyl (C=O) groups excluding carboxylic acids is 2. The summed E-state index contributed by atoms with van der Waals surface area (Å²) in [6.07, 6.45) is 1.94. The molecule has 1 aliphatic carbocycles. The lowest BCUT2D eigenvalue weighted by Gasteiger charge is -2.10. The molecule has 2 amide bonds. The summed E-state index contributed by atoms with van der Waals surface area (Å²) in [5.74, 6) is 0.446. The zero-order valence-corrected chi connectivity index (χ0v) is 11.4. The first kappa shape index (κ1) is 14.2. The number of carbonyl (C=O) groups is 2. The summed E-state index contributed by atoms with van der Waals surface area (Å²) in [7, 11) is 1.50. The van der Waals surface area contributed by atoms with Gasteiger partial charge in [0.05, 0.1) is 18.4 Å². The Morgan fingerprint density at radius 3 is 2.65 bits per heavy atom. The molecule has 20 heavy (non-hydrogen) atoms. The summed E-state index contributed by atoms with van der Waals surface area (Å²) in [4.78, 5) is 23.4. The normalized spacial score (nSPS) is 13.7. The highest BCUT2D eigenvalue weighted by Crippen LogP contribution is 2.28. The molecule has 1 aromatic rings. The van der Waals surface area contributed by atoms with E-state index in [0.717, 1.165) is 12.8 Å². The number of hydrogen-bond donors (Lipinski definition) is 3. The largest absolute Gasteiger partial charge is 0.495 e. The van der Waals surface area contributed by atoms with Gasteiger partial charge in [-0.2, -0.15) is 0 Å². The molecule has 6 nitrogen and oxygen atoms in total. The number of anilines is 1.